The van der Waals surface area contributed by atoms with Crippen molar-refractivity contribution in [2.24, 2.45) is 0 Å². The van der Waals surface area contributed by atoms with Crippen molar-refractivity contribution in [1.29, 1.82) is 0 Å². The van der Waals surface area contributed by atoms with Crippen molar-refractivity contribution in [1.82, 2.24) is 24.2 Å². The molecule has 0 saturated heterocycles. The molecule has 10 heteroatoms. The Morgan fingerprint density at radius 3 is 2.74 bits per heavy atom. The van der Waals surface area contributed by atoms with Crippen LogP contribution in [0, 0.1) is 0 Å². The molecule has 1 aromatic carbocycles. The summed E-state index contributed by atoms with van der Waals surface area (Å²) in [6.07, 6.45) is 8.67. The second kappa shape index (κ2) is 10.0. The number of aromatic nitrogens is 4. The molecular formula is C25H19IN6O2S. The van der Waals surface area contributed by atoms with Crippen LogP contribution in [0.2, 0.25) is 0 Å². The van der Waals surface area contributed by atoms with Crippen LogP contribution in [0.1, 0.15) is 22.8 Å². The summed E-state index contributed by atoms with van der Waals surface area (Å²) in [6, 6.07) is 13.5. The highest BCUT2D eigenvalue weighted by Crippen LogP contribution is 2.35. The third-order valence-corrected chi connectivity index (χ3v) is 7.14. The van der Waals surface area contributed by atoms with E-state index in [0.717, 1.165) is 38.6 Å². The lowest BCUT2D eigenvalue weighted by Gasteiger charge is -2.07. The number of nitrogens with one attached hydrogen (secondary N) is 2. The first-order chi connectivity index (χ1) is 17.0. The van der Waals surface area contributed by atoms with Crippen LogP contribution in [0.4, 0.5) is 5.69 Å². The molecule has 8 nitrogen and oxygen atoms in total. The van der Waals surface area contributed by atoms with Crippen LogP contribution in [-0.2, 0) is 11.3 Å². The number of amides is 2. The molecule has 0 aliphatic carbocycles. The molecule has 2 N–H and O–H groups in total. The summed E-state index contributed by atoms with van der Waals surface area (Å²) in [5.41, 5.74) is 5.55. The standard InChI is InChI=1S/C25H19IN6O2S/c1-15(33)31-20-8-18-7-17(4-5-23(18)28-13-20)22-14-32(35-26)24-21(22)9-19(12-29-24)25(34)30-11-16-3-2-6-27-10-16/h2-10,12-14H,11H2,1H3,(H,30,34)(H,31,33). The number of rotatable bonds is 6. The van der Waals surface area contributed by atoms with E-state index in [2.05, 4.69) is 46.8 Å². The molecule has 4 heterocycles. The van der Waals surface area contributed by atoms with E-state index in [-0.39, 0.29) is 11.8 Å². The first kappa shape index (κ1) is 23.2. The number of halogens is 1. The molecule has 0 saturated carbocycles. The van der Waals surface area contributed by atoms with E-state index >= 15 is 0 Å². The SMILES string of the molecule is CC(=O)Nc1cnc2ccc(-c3cn(SI)c4ncc(C(=O)NCc5cccnc5)cc34)cc2c1. The largest absolute Gasteiger partial charge is 0.348 e. The second-order valence-electron chi connectivity index (χ2n) is 7.89. The van der Waals surface area contributed by atoms with Gasteiger partial charge in [0.05, 0.1) is 23.0 Å². The van der Waals surface area contributed by atoms with Gasteiger partial charge in [-0.1, -0.05) is 12.1 Å². The Morgan fingerprint density at radius 1 is 1.09 bits per heavy atom. The number of benzene rings is 1. The molecule has 0 bridgehead atoms. The lowest BCUT2D eigenvalue weighted by molar-refractivity contribution is -0.114. The smallest absolute Gasteiger partial charge is 0.253 e. The molecule has 5 aromatic rings. The van der Waals surface area contributed by atoms with E-state index in [1.807, 2.05) is 52.6 Å². The van der Waals surface area contributed by atoms with Gasteiger partial charge < -0.3 is 10.6 Å². The van der Waals surface area contributed by atoms with Gasteiger partial charge in [-0.3, -0.25) is 23.5 Å². The highest BCUT2D eigenvalue weighted by molar-refractivity contribution is 14.2. The maximum absolute atomic E-state index is 12.9. The molecule has 0 atom stereocenters. The van der Waals surface area contributed by atoms with Crippen molar-refractivity contribution in [3.63, 3.8) is 0 Å². The summed E-state index contributed by atoms with van der Waals surface area (Å²) in [5.74, 6) is -0.350. The van der Waals surface area contributed by atoms with Gasteiger partial charge >= 0.3 is 0 Å². The van der Waals surface area contributed by atoms with Gasteiger partial charge in [-0.25, -0.2) is 4.98 Å². The van der Waals surface area contributed by atoms with Crippen LogP contribution in [0.5, 0.6) is 0 Å². The van der Waals surface area contributed by atoms with Crippen LogP contribution in [0.3, 0.4) is 0 Å². The molecule has 0 unspecified atom stereocenters. The van der Waals surface area contributed by atoms with Crippen molar-refractivity contribution in [2.45, 2.75) is 13.5 Å². The number of fused-ring (bicyclic) bond motifs is 2. The van der Waals surface area contributed by atoms with Crippen molar-refractivity contribution in [2.75, 3.05) is 5.32 Å². The average molecular weight is 594 g/mol. The lowest BCUT2D eigenvalue weighted by Crippen LogP contribution is -2.23. The van der Waals surface area contributed by atoms with E-state index in [1.54, 1.807) is 24.8 Å². The Bertz CT molecular complexity index is 1570. The first-order valence-electron chi connectivity index (χ1n) is 10.7. The highest BCUT2D eigenvalue weighted by Gasteiger charge is 2.16. The zero-order chi connectivity index (χ0) is 24.4. The van der Waals surface area contributed by atoms with Crippen molar-refractivity contribution < 1.29 is 9.59 Å². The Morgan fingerprint density at radius 2 is 1.97 bits per heavy atom. The fourth-order valence-electron chi connectivity index (χ4n) is 3.84. The number of nitrogens with zero attached hydrogens (tertiary/aromatic N) is 4. The summed E-state index contributed by atoms with van der Waals surface area (Å²) in [6.45, 7) is 1.85. The number of hydrogen-bond donors (Lipinski definition) is 2. The number of carbonyl (C=O) groups excluding carboxylic acids is 2. The Balaban J connectivity index is 1.52. The molecule has 0 aliphatic heterocycles. The Labute approximate surface area is 217 Å². The van der Waals surface area contributed by atoms with Crippen LogP contribution in [-0.4, -0.2) is 30.7 Å². The minimum Gasteiger partial charge on any atom is -0.348 e. The lowest BCUT2D eigenvalue weighted by atomic mass is 10.0. The van der Waals surface area contributed by atoms with Crippen molar-refractivity contribution in [3.8, 4) is 11.1 Å². The topological polar surface area (TPSA) is 102 Å². The minimum absolute atomic E-state index is 0.148. The average Bonchev–Trinajstić information content (AvgIpc) is 3.25. The quantitative estimate of drug-likeness (QED) is 0.256. The van der Waals surface area contributed by atoms with Gasteiger partial charge in [0, 0.05) is 84.9 Å². The predicted molar refractivity (Wildman–Crippen MR) is 147 cm³/mol. The van der Waals surface area contributed by atoms with Crippen LogP contribution in [0.25, 0.3) is 33.1 Å². The molecule has 0 radical (unpaired) electrons. The van der Waals surface area contributed by atoms with E-state index in [0.29, 0.717) is 17.8 Å². The Hall–Kier alpha value is -3.51. The molecule has 0 aliphatic rings. The molecule has 174 valence electrons. The van der Waals surface area contributed by atoms with E-state index in [4.69, 9.17) is 0 Å². The van der Waals surface area contributed by atoms with E-state index < -0.39 is 0 Å². The third-order valence-electron chi connectivity index (χ3n) is 5.44. The Kier molecular flexibility index (Phi) is 6.64. The summed E-state index contributed by atoms with van der Waals surface area (Å²) < 4.78 is 1.97. The molecule has 0 fully saturated rings. The fraction of sp³-hybridized carbons (Fsp3) is 0.0800. The number of anilines is 1. The van der Waals surface area contributed by atoms with Gasteiger partial charge in [0.2, 0.25) is 5.91 Å². The summed E-state index contributed by atoms with van der Waals surface area (Å²) in [4.78, 5) is 37.4. The molecule has 2 amide bonds. The monoisotopic (exact) mass is 594 g/mol. The molecule has 5 rings (SSSR count). The van der Waals surface area contributed by atoms with E-state index in [9.17, 15) is 9.59 Å². The van der Waals surface area contributed by atoms with Crippen LogP contribution in [0.15, 0.2) is 73.4 Å². The summed E-state index contributed by atoms with van der Waals surface area (Å²) in [5, 5.41) is 7.47. The normalized spacial score (nSPS) is 11.0. The maximum atomic E-state index is 12.9. The second-order valence-corrected chi connectivity index (χ2v) is 9.60. The van der Waals surface area contributed by atoms with E-state index in [1.165, 1.54) is 16.0 Å². The van der Waals surface area contributed by atoms with Crippen LogP contribution < -0.4 is 10.6 Å². The van der Waals surface area contributed by atoms with Gasteiger partial charge in [-0.15, -0.1) is 0 Å². The predicted octanol–water partition coefficient (Wildman–Crippen LogP) is 5.38. The van der Waals surface area contributed by atoms with Gasteiger partial charge in [0.25, 0.3) is 5.91 Å². The number of carbonyl (C=O) groups is 2. The molecule has 4 aromatic heterocycles. The van der Waals surface area contributed by atoms with Crippen LogP contribution >= 0.6 is 30.3 Å². The summed E-state index contributed by atoms with van der Waals surface area (Å²) >= 11 is 2.21. The molecular weight excluding hydrogens is 575 g/mol. The summed E-state index contributed by atoms with van der Waals surface area (Å²) in [7, 11) is 1.51. The zero-order valence-electron chi connectivity index (χ0n) is 18.5. The first-order valence-corrected chi connectivity index (χ1v) is 14.0. The molecule has 35 heavy (non-hydrogen) atoms. The maximum Gasteiger partial charge on any atom is 0.253 e. The zero-order valence-corrected chi connectivity index (χ0v) is 21.5. The number of hydrogen-bond acceptors (Lipinski definition) is 6. The van der Waals surface area contributed by atoms with Gasteiger partial charge in [0.15, 0.2) is 5.65 Å². The fourth-order valence-corrected chi connectivity index (χ4v) is 5.10. The van der Waals surface area contributed by atoms with Crippen molar-refractivity contribution in [3.05, 3.63) is 84.6 Å². The van der Waals surface area contributed by atoms with Gasteiger partial charge in [-0.05, 0) is 41.5 Å². The van der Waals surface area contributed by atoms with Gasteiger partial charge in [0.1, 0.15) is 0 Å². The van der Waals surface area contributed by atoms with Gasteiger partial charge in [-0.2, -0.15) is 0 Å². The molecule has 0 spiro atoms. The number of pyridine rings is 3. The minimum atomic E-state index is -0.202. The van der Waals surface area contributed by atoms with Crippen molar-refractivity contribution >= 4 is 69.8 Å². The highest BCUT2D eigenvalue weighted by atomic mass is 127. The third kappa shape index (κ3) is 4.98.